The summed E-state index contributed by atoms with van der Waals surface area (Å²) in [5.41, 5.74) is 67.0. The molecule has 0 amide bonds. The first kappa shape index (κ1) is 106. The predicted octanol–water partition coefficient (Wildman–Crippen LogP) is 18.3. The highest BCUT2D eigenvalue weighted by Gasteiger charge is 2.29. The summed E-state index contributed by atoms with van der Waals surface area (Å²) in [6.07, 6.45) is 30.8. The fraction of sp³-hybridized carbons (Fsp3) is 0.331. The zero-order valence-corrected chi connectivity index (χ0v) is 88.9. The van der Waals surface area contributed by atoms with Crippen molar-refractivity contribution in [1.29, 1.82) is 0 Å². The number of pyridine rings is 5. The lowest BCUT2D eigenvalue weighted by Crippen LogP contribution is -2.27. The van der Waals surface area contributed by atoms with Crippen LogP contribution in [0, 0.1) is 63.7 Å². The van der Waals surface area contributed by atoms with E-state index in [0.29, 0.717) is 70.6 Å². The van der Waals surface area contributed by atoms with Crippen LogP contribution in [0.3, 0.4) is 0 Å². The number of likely N-dealkylation sites (N-methyl/N-ethyl adjacent to an activating group) is 5. The third-order valence-corrected chi connectivity index (χ3v) is 27.5. The van der Waals surface area contributed by atoms with Crippen molar-refractivity contribution in [3.63, 3.8) is 0 Å². The van der Waals surface area contributed by atoms with Gasteiger partial charge in [-0.25, -0.2) is 59.8 Å². The van der Waals surface area contributed by atoms with Crippen LogP contribution in [0.4, 0.5) is 29.1 Å². The molecule has 0 radical (unpaired) electrons. The van der Waals surface area contributed by atoms with Crippen LogP contribution in [0.1, 0.15) is 175 Å². The maximum atomic E-state index is 6.30. The van der Waals surface area contributed by atoms with Gasteiger partial charge in [0.05, 0.1) is 77.8 Å². The zero-order chi connectivity index (χ0) is 105. The van der Waals surface area contributed by atoms with E-state index >= 15 is 0 Å². The molecule has 150 heavy (non-hydrogen) atoms. The van der Waals surface area contributed by atoms with Crippen LogP contribution >= 0.6 is 11.6 Å². The minimum atomic E-state index is -0.0802. The van der Waals surface area contributed by atoms with Gasteiger partial charge < -0.3 is 81.6 Å². The number of nitrogens with zero attached hydrogens (tertiary/aromatic N) is 20. The molecule has 31 nitrogen and oxygen atoms in total. The van der Waals surface area contributed by atoms with E-state index in [9.17, 15) is 0 Å². The van der Waals surface area contributed by atoms with E-state index in [1.807, 2.05) is 48.8 Å². The van der Waals surface area contributed by atoms with Gasteiger partial charge in [-0.15, -0.1) is 0 Å². The molecule has 1 unspecified atom stereocenters. The Balaban J connectivity index is 0.000000128. The van der Waals surface area contributed by atoms with Crippen molar-refractivity contribution in [1.82, 2.24) is 99.3 Å². The molecular weight excluding hydrogens is 1900 g/mol. The normalized spacial score (nSPS) is 14.7. The Bertz CT molecular complexity index is 7590. The van der Waals surface area contributed by atoms with Crippen LogP contribution < -0.4 is 57.1 Å². The van der Waals surface area contributed by atoms with Crippen LogP contribution in [0.2, 0.25) is 5.02 Å². The van der Waals surface area contributed by atoms with Crippen molar-refractivity contribution in [2.75, 3.05) is 104 Å². The van der Waals surface area contributed by atoms with Gasteiger partial charge in [-0.3, -0.25) is 15.0 Å². The number of fused-ring (bicyclic) bond motifs is 6. The van der Waals surface area contributed by atoms with Gasteiger partial charge in [-0.05, 0) is 370 Å². The monoisotopic (exact) mass is 2030 g/mol. The predicted molar refractivity (Wildman–Crippen MR) is 589 cm³/mol. The molecule has 0 bridgehead atoms. The van der Waals surface area contributed by atoms with Crippen LogP contribution in [-0.4, -0.2) is 174 Å². The fourth-order valence-electron chi connectivity index (χ4n) is 19.5. The number of nitrogens with two attached hydrogens (primary N) is 5. The summed E-state index contributed by atoms with van der Waals surface area (Å²) < 4.78 is 35.1. The summed E-state index contributed by atoms with van der Waals surface area (Å²) in [4.78, 5) is 77.6. The number of aromatic nitrogens is 15. The standard InChI is InChI=1S/C27H31N5O.C24H27N5O.C24H25N5O.C22H25N5O2.C21H22ClN5O/c1-18-12-20(14-21-16-32(5)11-8-23(18)21)24-15-30-25(28)26(31-24)33-17-19-7-10-29-22(13-19)6-9-27(2,3)4;1-15-10-17(11-18-14-29(2)9-7-19(15)18)21-13-27-23(25)24(28-21)30-22-5-3-4-16-12-26-8-6-20(16)22;1-4-5-20-11-17(6-8-26-20)15-30-24-23(25)27-13-22(28-24)18-10-16(2)21-7-9-29(3)14-19(21)12-18;1-14-8-16(9-17-12-27(2)7-5-18(14)17)19-10-25-21(23)22(26-19)29-13-15-4-6-24-11-20(15)28-3;1-13-5-15(7-16-11-27(2)4-3-18(13)16)19-10-25-20(23)21(26-19)28-12-14-6-17(22)9-24-8-14/h7,10,12-15H,8,11,16-17H2,1-5H3,(H2,28,30);6,8,10-13,22H,3-5,7,9,14H2,1-2H3,(H2,25,27);6,8,10-13H,7,9,14-15H2,1-3H3,(H2,25,27);4,6,8-11H,5,7,12-13H2,1-3H3,(H2,23,25);5-10H,3-4,11-12H2,1-2H3,(H2,23,25). The molecule has 5 aromatic carbocycles. The first-order valence-corrected chi connectivity index (χ1v) is 50.9. The number of halogens is 1. The van der Waals surface area contributed by atoms with Crippen molar-refractivity contribution in [3.8, 4) is 115 Å². The molecule has 0 saturated carbocycles. The third kappa shape index (κ3) is 26.9. The van der Waals surface area contributed by atoms with Gasteiger partial charge in [0.1, 0.15) is 49.7 Å². The highest BCUT2D eigenvalue weighted by Crippen LogP contribution is 2.40. The Morgan fingerprint density at radius 1 is 0.367 bits per heavy atom. The van der Waals surface area contributed by atoms with Gasteiger partial charge in [0, 0.05) is 153 Å². The zero-order valence-electron chi connectivity index (χ0n) is 88.1. The number of aryl methyl sites for hydroxylation is 6. The minimum Gasteiger partial charge on any atom is -0.495 e. The molecule has 770 valence electrons. The first-order chi connectivity index (χ1) is 72.3. The van der Waals surface area contributed by atoms with E-state index in [4.69, 9.17) is 78.7 Å². The van der Waals surface area contributed by atoms with Gasteiger partial charge in [0.25, 0.3) is 29.4 Å². The van der Waals surface area contributed by atoms with Crippen LogP contribution in [0.5, 0.6) is 35.1 Å². The molecule has 10 aromatic heterocycles. The molecule has 1 atom stereocenters. The molecule has 0 saturated heterocycles. The Kier molecular flexibility index (Phi) is 33.8. The highest BCUT2D eigenvalue weighted by atomic mass is 35.5. The van der Waals surface area contributed by atoms with Crippen molar-refractivity contribution >= 4 is 40.7 Å². The average Bonchev–Trinajstić information content (AvgIpc) is 0.807. The van der Waals surface area contributed by atoms with Gasteiger partial charge in [0.2, 0.25) is 0 Å². The summed E-state index contributed by atoms with van der Waals surface area (Å²) in [6, 6.07) is 35.2. The Morgan fingerprint density at radius 2 is 0.720 bits per heavy atom. The second kappa shape index (κ2) is 48.0. The molecule has 1 aliphatic carbocycles. The van der Waals surface area contributed by atoms with Crippen molar-refractivity contribution in [3.05, 3.63) is 317 Å². The molecular formula is C118H130ClN25O6. The highest BCUT2D eigenvalue weighted by molar-refractivity contribution is 6.30. The largest absolute Gasteiger partial charge is 0.495 e. The number of anilines is 5. The number of hydrogen-bond donors (Lipinski definition) is 5. The molecule has 6 aliphatic rings. The molecule has 32 heteroatoms. The number of rotatable bonds is 20. The number of benzene rings is 5. The van der Waals surface area contributed by atoms with Gasteiger partial charge in [-0.1, -0.05) is 23.4 Å². The minimum absolute atomic E-state index is 0.0671. The number of methoxy groups -OCH3 is 1. The Morgan fingerprint density at radius 3 is 1.09 bits per heavy atom. The summed E-state index contributed by atoms with van der Waals surface area (Å²) >= 11 is 5.97. The Labute approximate surface area is 883 Å². The van der Waals surface area contributed by atoms with Crippen LogP contribution in [0.15, 0.2) is 184 Å². The average molecular weight is 2030 g/mol. The fourth-order valence-corrected chi connectivity index (χ4v) is 19.7. The smallest absolute Gasteiger partial charge is 0.258 e. The quantitative estimate of drug-likeness (QED) is 0.0442. The lowest BCUT2D eigenvalue weighted by molar-refractivity contribution is 0.176. The molecule has 21 rings (SSSR count). The molecule has 10 N–H and O–H groups in total. The van der Waals surface area contributed by atoms with Crippen molar-refractivity contribution in [2.45, 2.75) is 179 Å². The number of hydrogen-bond acceptors (Lipinski definition) is 31. The summed E-state index contributed by atoms with van der Waals surface area (Å²) in [7, 11) is 12.4. The van der Waals surface area contributed by atoms with E-state index in [2.05, 4.69) is 264 Å². The van der Waals surface area contributed by atoms with E-state index in [0.717, 1.165) is 195 Å². The second-order valence-corrected chi connectivity index (χ2v) is 40.7. The number of ether oxygens (including phenoxy) is 6. The number of nitrogen functional groups attached to an aromatic ring is 5. The summed E-state index contributed by atoms with van der Waals surface area (Å²) in [5, 5.41) is 0.559. The lowest BCUT2D eigenvalue weighted by atomic mass is 9.91. The lowest BCUT2D eigenvalue weighted by Gasteiger charge is -2.27. The summed E-state index contributed by atoms with van der Waals surface area (Å²) in [5.74, 6) is 15.9. The first-order valence-electron chi connectivity index (χ1n) is 50.6. The molecule has 15 aromatic rings. The van der Waals surface area contributed by atoms with Gasteiger partial charge in [-0.2, -0.15) is 0 Å². The maximum Gasteiger partial charge on any atom is 0.258 e. The van der Waals surface area contributed by atoms with Crippen molar-refractivity contribution < 1.29 is 28.4 Å². The topological polar surface area (TPSA) is 395 Å². The third-order valence-electron chi connectivity index (χ3n) is 27.3. The molecule has 5 aliphatic heterocycles. The Hall–Kier alpha value is -15.7. The van der Waals surface area contributed by atoms with Crippen molar-refractivity contribution in [2.24, 2.45) is 5.41 Å². The molecule has 0 spiro atoms. The van der Waals surface area contributed by atoms with Crippen LogP contribution in [0.25, 0.3) is 56.3 Å². The summed E-state index contributed by atoms with van der Waals surface area (Å²) in [6.45, 7) is 30.2. The van der Waals surface area contributed by atoms with Gasteiger partial charge >= 0.3 is 0 Å². The van der Waals surface area contributed by atoms with E-state index < -0.39 is 0 Å². The van der Waals surface area contributed by atoms with E-state index in [1.54, 1.807) is 88.3 Å². The van der Waals surface area contributed by atoms with E-state index in [-0.39, 0.29) is 48.0 Å². The SMILES string of the molecule is CC#Cc1cc(COc2nc(-c3cc(C)c4c(c3)CN(C)CC4)cnc2N)ccn1.COc1cnccc1COc1nc(-c2cc(C)c3c(c2)CN(C)CC3)cnc1N.Cc1cc(-c2cnc(N)c(OC3CCCc4cnccc43)n2)cc2c1CCN(C)C2.Cc1cc(-c2cnc(N)c(OCc3ccnc(C#CC(C)(C)C)c3)n2)cc2c1CCN(C)C2.Cc1cc(-c2cnc(N)c(OCc3cncc(Cl)c3)n2)cc2c1CCN(C)C2. The maximum absolute atomic E-state index is 6.30. The molecule has 0 fully saturated rings. The second-order valence-electron chi connectivity index (χ2n) is 40.2. The van der Waals surface area contributed by atoms with E-state index in [1.165, 1.54) is 94.6 Å². The van der Waals surface area contributed by atoms with Gasteiger partial charge in [0.15, 0.2) is 29.1 Å². The van der Waals surface area contributed by atoms with Crippen LogP contribution in [-0.2, 0) is 97.7 Å². The molecule has 15 heterocycles.